The molecule has 1 aromatic rings. The van der Waals surface area contributed by atoms with Crippen molar-refractivity contribution in [2.75, 3.05) is 13.1 Å². The largest absolute Gasteiger partial charge is 0.354 e. The van der Waals surface area contributed by atoms with E-state index in [2.05, 4.69) is 24.4 Å². The Morgan fingerprint density at radius 2 is 1.88 bits per heavy atom. The third-order valence-corrected chi connectivity index (χ3v) is 3.08. The maximum Gasteiger partial charge on any atom is 0.230 e. The van der Waals surface area contributed by atoms with Crippen molar-refractivity contribution in [1.29, 1.82) is 0 Å². The lowest BCUT2D eigenvalue weighted by Gasteiger charge is -2.24. The van der Waals surface area contributed by atoms with E-state index in [1.807, 2.05) is 26.0 Å². The van der Waals surface area contributed by atoms with Crippen LogP contribution in [-0.2, 0) is 16.6 Å². The molecule has 3 N–H and O–H groups in total. The second-order valence-corrected chi connectivity index (χ2v) is 4.72. The zero-order valence-corrected chi connectivity index (χ0v) is 10.9. The van der Waals surface area contributed by atoms with Crippen molar-refractivity contribution in [2.24, 2.45) is 5.73 Å². The minimum absolute atomic E-state index is 0.0206. The summed E-state index contributed by atoms with van der Waals surface area (Å²) in [7, 11) is 0. The van der Waals surface area contributed by atoms with Crippen LogP contribution in [-0.4, -0.2) is 19.0 Å². The Labute approximate surface area is 103 Å². The van der Waals surface area contributed by atoms with Gasteiger partial charge in [0, 0.05) is 13.1 Å². The van der Waals surface area contributed by atoms with E-state index in [1.54, 1.807) is 0 Å². The fourth-order valence-corrected chi connectivity index (χ4v) is 1.69. The molecule has 1 amide bonds. The number of benzene rings is 1. The number of hydrogen-bond acceptors (Lipinski definition) is 2. The molecule has 94 valence electrons. The average Bonchev–Trinajstić information content (AvgIpc) is 2.35. The van der Waals surface area contributed by atoms with Crippen molar-refractivity contribution in [3.63, 3.8) is 0 Å². The van der Waals surface area contributed by atoms with Crippen molar-refractivity contribution in [2.45, 2.75) is 32.6 Å². The Bertz CT molecular complexity index is 368. The third kappa shape index (κ3) is 3.30. The highest BCUT2D eigenvalue weighted by molar-refractivity contribution is 5.87. The molecule has 3 nitrogen and oxygen atoms in total. The van der Waals surface area contributed by atoms with E-state index in [0.29, 0.717) is 13.1 Å². The number of rotatable bonds is 5. The fourth-order valence-electron chi connectivity index (χ4n) is 1.69. The summed E-state index contributed by atoms with van der Waals surface area (Å²) in [5.74, 6) is 0.0206. The lowest BCUT2D eigenvalue weighted by Crippen LogP contribution is -2.42. The molecule has 0 unspecified atom stereocenters. The molecule has 0 saturated heterocycles. The zero-order chi connectivity index (χ0) is 12.9. The molecule has 0 heterocycles. The van der Waals surface area contributed by atoms with Gasteiger partial charge < -0.3 is 11.1 Å². The fraction of sp³-hybridized carbons (Fsp3) is 0.500. The van der Waals surface area contributed by atoms with Gasteiger partial charge in [0.25, 0.3) is 0 Å². The number of nitrogens with one attached hydrogen (secondary N) is 1. The number of nitrogens with two attached hydrogens (primary N) is 1. The Hall–Kier alpha value is -1.35. The molecular formula is C14H22N2O. The lowest BCUT2D eigenvalue weighted by molar-refractivity contribution is -0.125. The molecule has 1 aromatic carbocycles. The Balaban J connectivity index is 2.83. The first-order valence-corrected chi connectivity index (χ1v) is 6.10. The summed E-state index contributed by atoms with van der Waals surface area (Å²) in [6.45, 7) is 6.97. The first-order chi connectivity index (χ1) is 8.02. The summed E-state index contributed by atoms with van der Waals surface area (Å²) in [5, 5.41) is 2.84. The summed E-state index contributed by atoms with van der Waals surface area (Å²) < 4.78 is 0. The van der Waals surface area contributed by atoms with Crippen molar-refractivity contribution in [3.05, 3.63) is 35.4 Å². The Morgan fingerprint density at radius 1 is 1.29 bits per heavy atom. The topological polar surface area (TPSA) is 55.1 Å². The molecule has 0 saturated carbocycles. The van der Waals surface area contributed by atoms with Crippen molar-refractivity contribution in [3.8, 4) is 0 Å². The highest BCUT2D eigenvalue weighted by Crippen LogP contribution is 2.23. The van der Waals surface area contributed by atoms with Gasteiger partial charge in [-0.15, -0.1) is 0 Å². The van der Waals surface area contributed by atoms with Gasteiger partial charge in [-0.05, 0) is 31.4 Å². The molecule has 0 radical (unpaired) electrons. The molecule has 0 bridgehead atoms. The second-order valence-electron chi connectivity index (χ2n) is 4.72. The first kappa shape index (κ1) is 13.7. The van der Waals surface area contributed by atoms with Gasteiger partial charge >= 0.3 is 0 Å². The van der Waals surface area contributed by atoms with E-state index >= 15 is 0 Å². The van der Waals surface area contributed by atoms with Gasteiger partial charge in [-0.1, -0.05) is 31.2 Å². The van der Waals surface area contributed by atoms with Crippen molar-refractivity contribution < 1.29 is 4.79 Å². The highest BCUT2D eigenvalue weighted by atomic mass is 16.2. The normalized spacial score (nSPS) is 11.3. The first-order valence-electron chi connectivity index (χ1n) is 6.10. The van der Waals surface area contributed by atoms with Crippen LogP contribution in [0.4, 0.5) is 0 Å². The molecule has 17 heavy (non-hydrogen) atoms. The maximum atomic E-state index is 12.0. The molecule has 0 aromatic heterocycles. The van der Waals surface area contributed by atoms with Gasteiger partial charge in [-0.25, -0.2) is 0 Å². The minimum Gasteiger partial charge on any atom is -0.354 e. The number of amides is 1. The molecule has 0 aliphatic heterocycles. The molecule has 0 spiro atoms. The van der Waals surface area contributed by atoms with Crippen LogP contribution in [0.5, 0.6) is 0 Å². The van der Waals surface area contributed by atoms with Crippen LogP contribution in [0.2, 0.25) is 0 Å². The van der Waals surface area contributed by atoms with Crippen LogP contribution in [0, 0.1) is 0 Å². The minimum atomic E-state index is -0.512. The van der Waals surface area contributed by atoms with Crippen molar-refractivity contribution >= 4 is 5.91 Å². The standard InChI is InChI=1S/C14H22N2O/c1-4-11-5-7-12(8-6-11)14(2,3)13(17)16-10-9-15/h5-8H,4,9-10,15H2,1-3H3,(H,16,17). The van der Waals surface area contributed by atoms with Gasteiger partial charge in [0.1, 0.15) is 0 Å². The van der Waals surface area contributed by atoms with Crippen LogP contribution >= 0.6 is 0 Å². The van der Waals surface area contributed by atoms with Crippen LogP contribution in [0.3, 0.4) is 0 Å². The van der Waals surface area contributed by atoms with Gasteiger partial charge in [0.15, 0.2) is 0 Å². The van der Waals surface area contributed by atoms with E-state index in [4.69, 9.17) is 5.73 Å². The monoisotopic (exact) mass is 234 g/mol. The van der Waals surface area contributed by atoms with E-state index < -0.39 is 5.41 Å². The van der Waals surface area contributed by atoms with Gasteiger partial charge in [0.05, 0.1) is 5.41 Å². The second kappa shape index (κ2) is 5.82. The molecule has 3 heteroatoms. The summed E-state index contributed by atoms with van der Waals surface area (Å²) in [6, 6.07) is 8.21. The van der Waals surface area contributed by atoms with Gasteiger partial charge in [0.2, 0.25) is 5.91 Å². The summed E-state index contributed by atoms with van der Waals surface area (Å²) in [5.41, 5.74) is 7.19. The smallest absolute Gasteiger partial charge is 0.230 e. The summed E-state index contributed by atoms with van der Waals surface area (Å²) >= 11 is 0. The predicted octanol–water partition coefficient (Wildman–Crippen LogP) is 1.60. The van der Waals surface area contributed by atoms with Crippen LogP contribution in [0.25, 0.3) is 0 Å². The summed E-state index contributed by atoms with van der Waals surface area (Å²) in [4.78, 5) is 12.0. The quantitative estimate of drug-likeness (QED) is 0.813. The number of hydrogen-bond donors (Lipinski definition) is 2. The molecule has 0 aliphatic carbocycles. The van der Waals surface area contributed by atoms with E-state index in [9.17, 15) is 4.79 Å². The van der Waals surface area contributed by atoms with E-state index in [0.717, 1.165) is 12.0 Å². The van der Waals surface area contributed by atoms with E-state index in [-0.39, 0.29) is 5.91 Å². The molecule has 0 aliphatic rings. The Morgan fingerprint density at radius 3 is 2.35 bits per heavy atom. The predicted molar refractivity (Wildman–Crippen MR) is 70.9 cm³/mol. The van der Waals surface area contributed by atoms with Crippen LogP contribution < -0.4 is 11.1 Å². The number of carbonyl (C=O) groups excluding carboxylic acids is 1. The SMILES string of the molecule is CCc1ccc(C(C)(C)C(=O)NCCN)cc1. The molecule has 1 rings (SSSR count). The number of carbonyl (C=O) groups is 1. The van der Waals surface area contributed by atoms with Gasteiger partial charge in [-0.2, -0.15) is 0 Å². The molecule has 0 atom stereocenters. The Kier molecular flexibility index (Phi) is 4.70. The van der Waals surface area contributed by atoms with Crippen molar-refractivity contribution in [1.82, 2.24) is 5.32 Å². The lowest BCUT2D eigenvalue weighted by atomic mass is 9.83. The van der Waals surface area contributed by atoms with Gasteiger partial charge in [-0.3, -0.25) is 4.79 Å². The van der Waals surface area contributed by atoms with Crippen LogP contribution in [0.1, 0.15) is 31.9 Å². The van der Waals surface area contributed by atoms with E-state index in [1.165, 1.54) is 5.56 Å². The zero-order valence-electron chi connectivity index (χ0n) is 10.9. The molecular weight excluding hydrogens is 212 g/mol. The summed E-state index contributed by atoms with van der Waals surface area (Å²) in [6.07, 6.45) is 1.01. The number of aryl methyl sites for hydroxylation is 1. The molecule has 0 fully saturated rings. The maximum absolute atomic E-state index is 12.0. The highest BCUT2D eigenvalue weighted by Gasteiger charge is 2.29. The third-order valence-electron chi connectivity index (χ3n) is 3.08. The van der Waals surface area contributed by atoms with Crippen LogP contribution in [0.15, 0.2) is 24.3 Å². The average molecular weight is 234 g/mol.